The summed E-state index contributed by atoms with van der Waals surface area (Å²) in [6.45, 7) is 1.80. The highest BCUT2D eigenvalue weighted by atomic mass is 16.7. The van der Waals surface area contributed by atoms with Crippen LogP contribution in [0.4, 0.5) is 0 Å². The lowest BCUT2D eigenvalue weighted by Gasteiger charge is -2.08. The van der Waals surface area contributed by atoms with Crippen LogP contribution >= 0.6 is 0 Å². The molecule has 1 aromatic rings. The summed E-state index contributed by atoms with van der Waals surface area (Å²) in [5.74, 6) is -1.41. The van der Waals surface area contributed by atoms with E-state index in [4.69, 9.17) is 14.6 Å². The number of hydrogen-bond acceptors (Lipinski definition) is 4. The first-order chi connectivity index (χ1) is 8.58. The molecule has 0 aromatic heterocycles. The molecule has 96 valence electrons. The number of benzene rings is 1. The van der Waals surface area contributed by atoms with Crippen LogP contribution in [0.5, 0.6) is 11.5 Å². The first-order valence-corrected chi connectivity index (χ1v) is 5.47. The molecule has 0 spiro atoms. The van der Waals surface area contributed by atoms with E-state index in [2.05, 4.69) is 5.32 Å². The quantitative estimate of drug-likeness (QED) is 0.771. The van der Waals surface area contributed by atoms with E-state index in [9.17, 15) is 9.59 Å². The number of amides is 1. The molecule has 2 N–H and O–H groups in total. The van der Waals surface area contributed by atoms with E-state index >= 15 is 0 Å². The van der Waals surface area contributed by atoms with Gasteiger partial charge in [0.2, 0.25) is 12.7 Å². The summed E-state index contributed by atoms with van der Waals surface area (Å²) in [7, 11) is 0. The predicted molar refractivity (Wildman–Crippen MR) is 61.2 cm³/mol. The van der Waals surface area contributed by atoms with Gasteiger partial charge in [0.15, 0.2) is 11.5 Å². The van der Waals surface area contributed by atoms with Crippen molar-refractivity contribution in [1.82, 2.24) is 5.32 Å². The van der Waals surface area contributed by atoms with Crippen LogP contribution in [0.2, 0.25) is 0 Å². The lowest BCUT2D eigenvalue weighted by molar-refractivity contribution is -0.146. The Hall–Kier alpha value is -2.24. The van der Waals surface area contributed by atoms with Gasteiger partial charge in [-0.1, -0.05) is 6.07 Å². The van der Waals surface area contributed by atoms with E-state index in [1.807, 2.05) is 0 Å². The lowest BCUT2D eigenvalue weighted by Crippen LogP contribution is -2.33. The summed E-state index contributed by atoms with van der Waals surface area (Å²) >= 11 is 0. The topological polar surface area (TPSA) is 84.9 Å². The van der Waals surface area contributed by atoms with E-state index in [0.29, 0.717) is 11.5 Å². The zero-order valence-corrected chi connectivity index (χ0v) is 9.80. The van der Waals surface area contributed by atoms with Gasteiger partial charge in [-0.3, -0.25) is 9.59 Å². The predicted octanol–water partition coefficient (Wildman–Crippen LogP) is 0.752. The van der Waals surface area contributed by atoms with Gasteiger partial charge in [0.25, 0.3) is 0 Å². The zero-order valence-electron chi connectivity index (χ0n) is 9.80. The molecule has 2 rings (SSSR count). The molecular formula is C12H13NO5. The fourth-order valence-electron chi connectivity index (χ4n) is 1.51. The summed E-state index contributed by atoms with van der Waals surface area (Å²) < 4.78 is 10.4. The molecule has 1 aliphatic rings. The minimum absolute atomic E-state index is 0.196. The average molecular weight is 251 g/mol. The van der Waals surface area contributed by atoms with Gasteiger partial charge in [-0.2, -0.15) is 0 Å². The van der Waals surface area contributed by atoms with Gasteiger partial charge >= 0.3 is 5.97 Å². The summed E-state index contributed by atoms with van der Waals surface area (Å²) in [5, 5.41) is 11.2. The molecule has 0 bridgehead atoms. The van der Waals surface area contributed by atoms with Crippen LogP contribution in [0, 0.1) is 5.92 Å². The number of ether oxygens (including phenoxy) is 2. The minimum atomic E-state index is -1.14. The Bertz CT molecular complexity index is 485. The number of aliphatic carboxylic acids is 1. The van der Waals surface area contributed by atoms with Crippen molar-refractivity contribution in [2.45, 2.75) is 13.5 Å². The van der Waals surface area contributed by atoms with Crippen LogP contribution in [0.15, 0.2) is 18.2 Å². The molecule has 0 saturated carbocycles. The molecule has 0 fully saturated rings. The number of fused-ring (bicyclic) bond motifs is 1. The van der Waals surface area contributed by atoms with Crippen molar-refractivity contribution < 1.29 is 24.2 Å². The molecule has 1 heterocycles. The Morgan fingerprint density at radius 1 is 1.39 bits per heavy atom. The highest BCUT2D eigenvalue weighted by Gasteiger charge is 2.20. The molecule has 18 heavy (non-hydrogen) atoms. The maximum absolute atomic E-state index is 11.4. The van der Waals surface area contributed by atoms with Gasteiger partial charge in [0.05, 0.1) is 0 Å². The minimum Gasteiger partial charge on any atom is -0.481 e. The highest BCUT2D eigenvalue weighted by molar-refractivity contribution is 5.96. The first kappa shape index (κ1) is 12.2. The molecule has 1 atom stereocenters. The second kappa shape index (κ2) is 4.95. The van der Waals surface area contributed by atoms with E-state index in [1.165, 1.54) is 6.92 Å². The molecule has 0 saturated heterocycles. The second-order valence-corrected chi connectivity index (χ2v) is 3.97. The summed E-state index contributed by atoms with van der Waals surface area (Å²) in [6, 6.07) is 5.30. The molecule has 1 amide bonds. The van der Waals surface area contributed by atoms with Crippen molar-refractivity contribution in [3.8, 4) is 11.5 Å². The first-order valence-electron chi connectivity index (χ1n) is 5.47. The van der Waals surface area contributed by atoms with E-state index in [-0.39, 0.29) is 13.3 Å². The van der Waals surface area contributed by atoms with Gasteiger partial charge in [-0.05, 0) is 24.6 Å². The normalized spacial score (nSPS) is 14.1. The Labute approximate surface area is 104 Å². The van der Waals surface area contributed by atoms with Gasteiger partial charge in [0.1, 0.15) is 5.92 Å². The van der Waals surface area contributed by atoms with Crippen LogP contribution in [-0.4, -0.2) is 23.8 Å². The molecular weight excluding hydrogens is 238 g/mol. The van der Waals surface area contributed by atoms with E-state index < -0.39 is 17.8 Å². The van der Waals surface area contributed by atoms with Gasteiger partial charge in [-0.15, -0.1) is 0 Å². The summed E-state index contributed by atoms with van der Waals surface area (Å²) in [4.78, 5) is 22.1. The lowest BCUT2D eigenvalue weighted by atomic mass is 10.1. The van der Waals surface area contributed by atoms with Gasteiger partial charge in [0, 0.05) is 6.54 Å². The number of carboxylic acids is 1. The van der Waals surface area contributed by atoms with Crippen LogP contribution in [-0.2, 0) is 16.1 Å². The Balaban J connectivity index is 1.94. The van der Waals surface area contributed by atoms with Crippen LogP contribution < -0.4 is 14.8 Å². The van der Waals surface area contributed by atoms with Crippen molar-refractivity contribution in [3.63, 3.8) is 0 Å². The van der Waals surface area contributed by atoms with E-state index in [0.717, 1.165) is 5.56 Å². The highest BCUT2D eigenvalue weighted by Crippen LogP contribution is 2.32. The average Bonchev–Trinajstić information content (AvgIpc) is 2.82. The standard InChI is InChI=1S/C12H13NO5/c1-7(12(15)16)11(14)13-5-8-2-3-9-10(4-8)18-6-17-9/h2-4,7H,5-6H2,1H3,(H,13,14)(H,15,16). The van der Waals surface area contributed by atoms with Crippen molar-refractivity contribution >= 4 is 11.9 Å². The summed E-state index contributed by atoms with van der Waals surface area (Å²) in [5.41, 5.74) is 0.824. The molecule has 6 nitrogen and oxygen atoms in total. The van der Waals surface area contributed by atoms with E-state index in [1.54, 1.807) is 18.2 Å². The second-order valence-electron chi connectivity index (χ2n) is 3.97. The third kappa shape index (κ3) is 2.53. The molecule has 0 aliphatic carbocycles. The van der Waals surface area contributed by atoms with Crippen LogP contribution in [0.3, 0.4) is 0 Å². The number of carbonyl (C=O) groups is 2. The molecule has 1 unspecified atom stereocenters. The number of nitrogens with one attached hydrogen (secondary N) is 1. The maximum atomic E-state index is 11.4. The summed E-state index contributed by atoms with van der Waals surface area (Å²) in [6.07, 6.45) is 0. The molecule has 1 aromatic carbocycles. The van der Waals surface area contributed by atoms with Crippen molar-refractivity contribution in [2.75, 3.05) is 6.79 Å². The van der Waals surface area contributed by atoms with Crippen LogP contribution in [0.1, 0.15) is 12.5 Å². The Morgan fingerprint density at radius 2 is 2.11 bits per heavy atom. The van der Waals surface area contributed by atoms with Gasteiger partial charge < -0.3 is 19.9 Å². The Morgan fingerprint density at radius 3 is 2.83 bits per heavy atom. The third-order valence-corrected chi connectivity index (χ3v) is 2.67. The van der Waals surface area contributed by atoms with Crippen molar-refractivity contribution in [1.29, 1.82) is 0 Å². The SMILES string of the molecule is CC(C(=O)O)C(=O)NCc1ccc2c(c1)OCO2. The van der Waals surface area contributed by atoms with Gasteiger partial charge in [-0.25, -0.2) is 0 Å². The molecule has 6 heteroatoms. The number of carbonyl (C=O) groups excluding carboxylic acids is 1. The number of hydrogen-bond donors (Lipinski definition) is 2. The smallest absolute Gasteiger partial charge is 0.315 e. The Kier molecular flexibility index (Phi) is 3.36. The number of carboxylic acid groups (broad SMARTS) is 1. The monoisotopic (exact) mass is 251 g/mol. The zero-order chi connectivity index (χ0) is 13.1. The van der Waals surface area contributed by atoms with Crippen LogP contribution in [0.25, 0.3) is 0 Å². The molecule has 0 radical (unpaired) electrons. The largest absolute Gasteiger partial charge is 0.481 e. The number of rotatable bonds is 4. The molecule has 1 aliphatic heterocycles. The van der Waals surface area contributed by atoms with Crippen molar-refractivity contribution in [3.05, 3.63) is 23.8 Å². The fourth-order valence-corrected chi connectivity index (χ4v) is 1.51. The fraction of sp³-hybridized carbons (Fsp3) is 0.333. The third-order valence-electron chi connectivity index (χ3n) is 2.67. The maximum Gasteiger partial charge on any atom is 0.315 e. The van der Waals surface area contributed by atoms with Crippen molar-refractivity contribution in [2.24, 2.45) is 5.92 Å².